The second-order valence-electron chi connectivity index (χ2n) is 4.58. The summed E-state index contributed by atoms with van der Waals surface area (Å²) in [6.07, 6.45) is 0. The number of benzene rings is 2. The molecule has 1 amide bonds. The first kappa shape index (κ1) is 12.4. The van der Waals surface area contributed by atoms with Gasteiger partial charge in [0.1, 0.15) is 0 Å². The molecule has 0 heterocycles. The fourth-order valence-electron chi connectivity index (χ4n) is 2.11. The molecule has 2 aromatic rings. The molecule has 0 fully saturated rings. The van der Waals surface area contributed by atoms with E-state index < -0.39 is 5.91 Å². The standard InChI is InChI=1S/C16H16NO/c1-11(2)12-7-3-4-8-13(12)14-9-5-6-10-15(14)16(17)18/h3-5,7-11H,1-2H3,(H2,17,18). The molecule has 18 heavy (non-hydrogen) atoms. The molecule has 2 rings (SSSR count). The summed E-state index contributed by atoms with van der Waals surface area (Å²) < 4.78 is 0. The van der Waals surface area contributed by atoms with Gasteiger partial charge in [0.2, 0.25) is 5.91 Å². The van der Waals surface area contributed by atoms with Crippen molar-refractivity contribution in [3.63, 3.8) is 0 Å². The first-order chi connectivity index (χ1) is 8.61. The minimum atomic E-state index is -0.416. The molecular formula is C16H16NO. The van der Waals surface area contributed by atoms with E-state index in [1.54, 1.807) is 12.1 Å². The lowest BCUT2D eigenvalue weighted by Crippen LogP contribution is -2.12. The molecule has 2 nitrogen and oxygen atoms in total. The second kappa shape index (κ2) is 5.05. The van der Waals surface area contributed by atoms with Gasteiger partial charge in [-0.1, -0.05) is 50.2 Å². The third-order valence-corrected chi connectivity index (χ3v) is 3.00. The molecule has 0 aliphatic heterocycles. The van der Waals surface area contributed by atoms with Gasteiger partial charge in [0.15, 0.2) is 0 Å². The van der Waals surface area contributed by atoms with Crippen molar-refractivity contribution in [2.75, 3.05) is 0 Å². The van der Waals surface area contributed by atoms with Crippen molar-refractivity contribution >= 4 is 5.91 Å². The number of carbonyl (C=O) groups is 1. The highest BCUT2D eigenvalue weighted by atomic mass is 16.1. The van der Waals surface area contributed by atoms with Crippen molar-refractivity contribution < 1.29 is 4.79 Å². The third-order valence-electron chi connectivity index (χ3n) is 3.00. The van der Waals surface area contributed by atoms with Crippen LogP contribution in [-0.2, 0) is 0 Å². The lowest BCUT2D eigenvalue weighted by Gasteiger charge is -2.14. The zero-order chi connectivity index (χ0) is 13.1. The number of nitrogens with two attached hydrogens (primary N) is 1. The lowest BCUT2D eigenvalue weighted by molar-refractivity contribution is 0.100. The molecule has 0 atom stereocenters. The lowest BCUT2D eigenvalue weighted by atomic mass is 9.90. The monoisotopic (exact) mass is 238 g/mol. The van der Waals surface area contributed by atoms with E-state index in [1.807, 2.05) is 24.3 Å². The van der Waals surface area contributed by atoms with E-state index in [0.717, 1.165) is 11.1 Å². The zero-order valence-electron chi connectivity index (χ0n) is 10.6. The van der Waals surface area contributed by atoms with Gasteiger partial charge in [0.05, 0.1) is 0 Å². The normalized spacial score (nSPS) is 10.6. The number of primary amides is 1. The molecule has 0 aromatic heterocycles. The van der Waals surface area contributed by atoms with E-state index >= 15 is 0 Å². The predicted molar refractivity (Wildman–Crippen MR) is 73.3 cm³/mol. The SMILES string of the molecule is CC(C)c1ccccc1-c1cc[c]cc1C(N)=O. The van der Waals surface area contributed by atoms with Crippen molar-refractivity contribution in [1.82, 2.24) is 0 Å². The van der Waals surface area contributed by atoms with Crippen LogP contribution in [0.3, 0.4) is 0 Å². The third kappa shape index (κ3) is 2.28. The Morgan fingerprint density at radius 3 is 2.56 bits per heavy atom. The summed E-state index contributed by atoms with van der Waals surface area (Å²) in [6, 6.07) is 16.3. The van der Waals surface area contributed by atoms with Crippen molar-refractivity contribution in [3.8, 4) is 11.1 Å². The van der Waals surface area contributed by atoms with Gasteiger partial charge >= 0.3 is 0 Å². The topological polar surface area (TPSA) is 43.1 Å². The summed E-state index contributed by atoms with van der Waals surface area (Å²) in [6.45, 7) is 4.27. The van der Waals surface area contributed by atoms with Crippen LogP contribution in [-0.4, -0.2) is 5.91 Å². The Bertz CT molecular complexity index is 573. The minimum absolute atomic E-state index is 0.395. The van der Waals surface area contributed by atoms with Gasteiger partial charge in [-0.05, 0) is 34.7 Å². The molecular weight excluding hydrogens is 222 g/mol. The van der Waals surface area contributed by atoms with Crippen LogP contribution in [0.2, 0.25) is 0 Å². The van der Waals surface area contributed by atoms with Crippen LogP contribution in [0.1, 0.15) is 35.7 Å². The van der Waals surface area contributed by atoms with E-state index in [0.29, 0.717) is 11.5 Å². The number of hydrogen-bond donors (Lipinski definition) is 1. The highest BCUT2D eigenvalue weighted by molar-refractivity contribution is 6.00. The van der Waals surface area contributed by atoms with Gasteiger partial charge in [-0.25, -0.2) is 0 Å². The maximum atomic E-state index is 11.5. The van der Waals surface area contributed by atoms with Gasteiger partial charge in [0.25, 0.3) is 0 Å². The van der Waals surface area contributed by atoms with Crippen molar-refractivity contribution in [3.05, 3.63) is 59.7 Å². The molecule has 2 aromatic carbocycles. The van der Waals surface area contributed by atoms with Crippen LogP contribution >= 0.6 is 0 Å². The summed E-state index contributed by atoms with van der Waals surface area (Å²) in [5.41, 5.74) is 9.10. The van der Waals surface area contributed by atoms with E-state index in [-0.39, 0.29) is 0 Å². The molecule has 0 spiro atoms. The second-order valence-corrected chi connectivity index (χ2v) is 4.58. The summed E-state index contributed by atoms with van der Waals surface area (Å²) in [4.78, 5) is 11.5. The summed E-state index contributed by atoms with van der Waals surface area (Å²) in [5.74, 6) is -0.0217. The van der Waals surface area contributed by atoms with Gasteiger partial charge in [-0.3, -0.25) is 4.79 Å². The Labute approximate surface area is 107 Å². The Kier molecular flexibility index (Phi) is 3.47. The van der Waals surface area contributed by atoms with E-state index in [4.69, 9.17) is 5.73 Å². The van der Waals surface area contributed by atoms with Crippen LogP contribution in [0.4, 0.5) is 0 Å². The maximum absolute atomic E-state index is 11.5. The highest BCUT2D eigenvalue weighted by Crippen LogP contribution is 2.31. The smallest absolute Gasteiger partial charge is 0.249 e. The van der Waals surface area contributed by atoms with Crippen molar-refractivity contribution in [1.29, 1.82) is 0 Å². The first-order valence-electron chi connectivity index (χ1n) is 6.00. The maximum Gasteiger partial charge on any atom is 0.249 e. The van der Waals surface area contributed by atoms with Crippen LogP contribution in [0, 0.1) is 6.07 Å². The van der Waals surface area contributed by atoms with Crippen molar-refractivity contribution in [2.24, 2.45) is 5.73 Å². The van der Waals surface area contributed by atoms with Crippen LogP contribution in [0.25, 0.3) is 11.1 Å². The average molecular weight is 238 g/mol. The largest absolute Gasteiger partial charge is 0.366 e. The zero-order valence-corrected chi connectivity index (χ0v) is 10.6. The molecule has 2 heteroatoms. The predicted octanol–water partition coefficient (Wildman–Crippen LogP) is 3.38. The molecule has 0 unspecified atom stereocenters. The molecule has 0 aliphatic rings. The number of hydrogen-bond acceptors (Lipinski definition) is 1. The Morgan fingerprint density at radius 2 is 1.89 bits per heavy atom. The highest BCUT2D eigenvalue weighted by Gasteiger charge is 2.13. The molecule has 0 aliphatic carbocycles. The van der Waals surface area contributed by atoms with E-state index in [2.05, 4.69) is 26.0 Å². The number of amides is 1. The van der Waals surface area contributed by atoms with Crippen LogP contribution in [0.5, 0.6) is 0 Å². The summed E-state index contributed by atoms with van der Waals surface area (Å²) in [7, 11) is 0. The van der Waals surface area contributed by atoms with Crippen molar-refractivity contribution in [2.45, 2.75) is 19.8 Å². The summed E-state index contributed by atoms with van der Waals surface area (Å²) >= 11 is 0. The van der Waals surface area contributed by atoms with E-state index in [9.17, 15) is 4.79 Å². The van der Waals surface area contributed by atoms with Gasteiger partial charge in [-0.2, -0.15) is 0 Å². The average Bonchev–Trinajstić information content (AvgIpc) is 2.38. The first-order valence-corrected chi connectivity index (χ1v) is 6.00. The fraction of sp³-hybridized carbons (Fsp3) is 0.188. The van der Waals surface area contributed by atoms with Crippen LogP contribution in [0.15, 0.2) is 42.5 Å². The van der Waals surface area contributed by atoms with Gasteiger partial charge < -0.3 is 5.73 Å². The fourth-order valence-corrected chi connectivity index (χ4v) is 2.11. The molecule has 91 valence electrons. The molecule has 0 saturated heterocycles. The quantitative estimate of drug-likeness (QED) is 0.875. The number of rotatable bonds is 3. The number of carbonyl (C=O) groups excluding carboxylic acids is 1. The Morgan fingerprint density at radius 1 is 1.17 bits per heavy atom. The molecule has 0 saturated carbocycles. The van der Waals surface area contributed by atoms with Gasteiger partial charge in [-0.15, -0.1) is 0 Å². The summed E-state index contributed by atoms with van der Waals surface area (Å²) in [5, 5.41) is 0. The van der Waals surface area contributed by atoms with Gasteiger partial charge in [0, 0.05) is 5.56 Å². The Hall–Kier alpha value is -2.09. The molecule has 1 radical (unpaired) electrons. The molecule has 2 N–H and O–H groups in total. The van der Waals surface area contributed by atoms with Crippen LogP contribution < -0.4 is 5.73 Å². The van der Waals surface area contributed by atoms with E-state index in [1.165, 1.54) is 5.56 Å². The molecule has 0 bridgehead atoms. The Balaban J connectivity index is 2.66. The minimum Gasteiger partial charge on any atom is -0.366 e.